The van der Waals surface area contributed by atoms with Crippen LogP contribution in [0.25, 0.3) is 27.9 Å². The fraction of sp³-hybridized carbons (Fsp3) is 0.133. The van der Waals surface area contributed by atoms with Crippen LogP contribution in [-0.2, 0) is 6.54 Å². The summed E-state index contributed by atoms with van der Waals surface area (Å²) in [6.45, 7) is 6.95. The molecule has 0 radical (unpaired) electrons. The second-order valence-corrected chi connectivity index (χ2v) is 4.06. The predicted octanol–water partition coefficient (Wildman–Crippen LogP) is 3.85. The van der Waals surface area contributed by atoms with E-state index in [-0.39, 0.29) is 0 Å². The fourth-order valence-electron chi connectivity index (χ4n) is 2.51. The number of nitrogens with zero attached hydrogens (tertiary/aromatic N) is 2. The van der Waals surface area contributed by atoms with Gasteiger partial charge in [-0.05, 0) is 25.1 Å². The topological polar surface area (TPSA) is 17.8 Å². The molecule has 0 fully saturated rings. The number of rotatable bonds is 2. The van der Waals surface area contributed by atoms with Gasteiger partial charge >= 0.3 is 0 Å². The molecule has 0 spiro atoms. The lowest BCUT2D eigenvalue weighted by molar-refractivity contribution is 0.824. The molecule has 0 bridgehead atoms. The van der Waals surface area contributed by atoms with Crippen molar-refractivity contribution in [1.29, 1.82) is 0 Å². The molecule has 0 saturated heterocycles. The van der Waals surface area contributed by atoms with Crippen LogP contribution in [0.5, 0.6) is 0 Å². The highest BCUT2D eigenvalue weighted by Crippen LogP contribution is 2.30. The highest BCUT2D eigenvalue weighted by atomic mass is 15.0. The molecule has 0 unspecified atom stereocenters. The minimum atomic E-state index is 0.941. The highest BCUT2D eigenvalue weighted by Gasteiger charge is 2.11. The van der Waals surface area contributed by atoms with Crippen LogP contribution in [0.15, 0.2) is 43.1 Å². The maximum absolute atomic E-state index is 4.39. The Labute approximate surface area is 100 Å². The third-order valence-electron chi connectivity index (χ3n) is 3.22. The Bertz CT molecular complexity index is 707. The standard InChI is InChI=1S/C15H14N2/c1-3-13-15-12(9-10-16-13)11-7-5-6-8-14(11)17(15)4-2/h3,5-10H,1,4H2,2H3. The van der Waals surface area contributed by atoms with Crippen LogP contribution >= 0.6 is 0 Å². The quantitative estimate of drug-likeness (QED) is 0.644. The van der Waals surface area contributed by atoms with E-state index in [4.69, 9.17) is 0 Å². The zero-order valence-electron chi connectivity index (χ0n) is 9.85. The van der Waals surface area contributed by atoms with Gasteiger partial charge in [0.1, 0.15) is 0 Å². The van der Waals surface area contributed by atoms with E-state index in [1.807, 2.05) is 12.3 Å². The van der Waals surface area contributed by atoms with Crippen molar-refractivity contribution in [3.05, 3.63) is 48.8 Å². The summed E-state index contributed by atoms with van der Waals surface area (Å²) in [4.78, 5) is 4.39. The lowest BCUT2D eigenvalue weighted by Gasteiger charge is -2.04. The first-order chi connectivity index (χ1) is 8.36. The van der Waals surface area contributed by atoms with E-state index in [9.17, 15) is 0 Å². The van der Waals surface area contributed by atoms with Crippen LogP contribution in [0.3, 0.4) is 0 Å². The average molecular weight is 222 g/mol. The van der Waals surface area contributed by atoms with Gasteiger partial charge in [0, 0.05) is 29.0 Å². The van der Waals surface area contributed by atoms with Crippen molar-refractivity contribution < 1.29 is 0 Å². The maximum atomic E-state index is 4.39. The van der Waals surface area contributed by atoms with Crippen LogP contribution in [0.1, 0.15) is 12.6 Å². The Balaban J connectivity index is 2.63. The van der Waals surface area contributed by atoms with E-state index >= 15 is 0 Å². The van der Waals surface area contributed by atoms with E-state index in [0.29, 0.717) is 0 Å². The monoisotopic (exact) mass is 222 g/mol. The number of hydrogen-bond acceptors (Lipinski definition) is 1. The molecule has 17 heavy (non-hydrogen) atoms. The summed E-state index contributed by atoms with van der Waals surface area (Å²) in [5, 5.41) is 2.54. The average Bonchev–Trinajstić information content (AvgIpc) is 2.72. The van der Waals surface area contributed by atoms with Crippen molar-refractivity contribution in [1.82, 2.24) is 9.55 Å². The third kappa shape index (κ3) is 1.30. The molecule has 3 rings (SSSR count). The van der Waals surface area contributed by atoms with Crippen LogP contribution in [0, 0.1) is 0 Å². The molecule has 0 N–H and O–H groups in total. The molecule has 0 aliphatic heterocycles. The van der Waals surface area contributed by atoms with Crippen molar-refractivity contribution in [3.8, 4) is 0 Å². The second-order valence-electron chi connectivity index (χ2n) is 4.06. The minimum absolute atomic E-state index is 0.941. The van der Waals surface area contributed by atoms with Crippen LogP contribution in [-0.4, -0.2) is 9.55 Å². The van der Waals surface area contributed by atoms with Crippen LogP contribution in [0.4, 0.5) is 0 Å². The van der Waals surface area contributed by atoms with Crippen molar-refractivity contribution in [2.75, 3.05) is 0 Å². The van der Waals surface area contributed by atoms with Crippen molar-refractivity contribution >= 4 is 27.9 Å². The van der Waals surface area contributed by atoms with E-state index in [1.165, 1.54) is 21.8 Å². The highest BCUT2D eigenvalue weighted by molar-refractivity contribution is 6.09. The van der Waals surface area contributed by atoms with E-state index < -0.39 is 0 Å². The van der Waals surface area contributed by atoms with Gasteiger partial charge in [-0.25, -0.2) is 0 Å². The summed E-state index contributed by atoms with van der Waals surface area (Å²) in [5.41, 5.74) is 3.41. The number of pyridine rings is 1. The molecule has 0 amide bonds. The van der Waals surface area contributed by atoms with Gasteiger partial charge in [0.05, 0.1) is 11.2 Å². The van der Waals surface area contributed by atoms with Gasteiger partial charge in [0.15, 0.2) is 0 Å². The van der Waals surface area contributed by atoms with E-state index in [1.54, 1.807) is 0 Å². The first-order valence-electron chi connectivity index (χ1n) is 5.85. The first kappa shape index (κ1) is 10.1. The van der Waals surface area contributed by atoms with Gasteiger partial charge in [0.25, 0.3) is 0 Å². The number of hydrogen-bond donors (Lipinski definition) is 0. The normalized spacial score (nSPS) is 11.1. The summed E-state index contributed by atoms with van der Waals surface area (Å²) in [7, 11) is 0. The van der Waals surface area contributed by atoms with Gasteiger partial charge < -0.3 is 4.57 Å². The zero-order chi connectivity index (χ0) is 11.8. The fourth-order valence-corrected chi connectivity index (χ4v) is 2.51. The molecule has 0 saturated carbocycles. The Morgan fingerprint density at radius 2 is 2.06 bits per heavy atom. The maximum Gasteiger partial charge on any atom is 0.0867 e. The number of para-hydroxylation sites is 1. The van der Waals surface area contributed by atoms with Crippen LogP contribution in [0.2, 0.25) is 0 Å². The number of fused-ring (bicyclic) bond motifs is 3. The molecule has 2 aromatic heterocycles. The molecule has 0 aliphatic carbocycles. The summed E-state index contributed by atoms with van der Waals surface area (Å²) in [6.07, 6.45) is 3.68. The molecular weight excluding hydrogens is 208 g/mol. The number of aromatic nitrogens is 2. The van der Waals surface area contributed by atoms with Gasteiger partial charge in [-0.2, -0.15) is 0 Å². The molecule has 84 valence electrons. The summed E-state index contributed by atoms with van der Waals surface area (Å²) < 4.78 is 2.30. The minimum Gasteiger partial charge on any atom is -0.339 e. The lowest BCUT2D eigenvalue weighted by atomic mass is 10.1. The molecule has 0 aliphatic rings. The van der Waals surface area contributed by atoms with E-state index in [2.05, 4.69) is 53.4 Å². The largest absolute Gasteiger partial charge is 0.339 e. The number of aryl methyl sites for hydroxylation is 1. The molecule has 2 heteroatoms. The first-order valence-corrected chi connectivity index (χ1v) is 5.85. The zero-order valence-corrected chi connectivity index (χ0v) is 9.85. The van der Waals surface area contributed by atoms with Gasteiger partial charge in [-0.1, -0.05) is 24.8 Å². The molecule has 0 atom stereocenters. The Morgan fingerprint density at radius 1 is 1.24 bits per heavy atom. The van der Waals surface area contributed by atoms with Crippen molar-refractivity contribution in [3.63, 3.8) is 0 Å². The second kappa shape index (κ2) is 3.74. The SMILES string of the molecule is C=Cc1nccc2c3ccccc3n(CC)c12. The molecule has 2 heterocycles. The molecule has 1 aromatic carbocycles. The Morgan fingerprint density at radius 3 is 2.82 bits per heavy atom. The smallest absolute Gasteiger partial charge is 0.0867 e. The Kier molecular flexibility index (Phi) is 2.22. The summed E-state index contributed by atoms with van der Waals surface area (Å²) >= 11 is 0. The van der Waals surface area contributed by atoms with Gasteiger partial charge in [-0.3, -0.25) is 4.98 Å². The van der Waals surface area contributed by atoms with Crippen LogP contribution < -0.4 is 0 Å². The predicted molar refractivity (Wildman–Crippen MR) is 73.0 cm³/mol. The molecule has 2 nitrogen and oxygen atoms in total. The van der Waals surface area contributed by atoms with E-state index in [0.717, 1.165) is 12.2 Å². The van der Waals surface area contributed by atoms with Gasteiger partial charge in [-0.15, -0.1) is 0 Å². The number of benzene rings is 1. The van der Waals surface area contributed by atoms with Gasteiger partial charge in [0.2, 0.25) is 0 Å². The molecule has 3 aromatic rings. The Hall–Kier alpha value is -2.09. The lowest BCUT2D eigenvalue weighted by Crippen LogP contribution is -1.95. The van der Waals surface area contributed by atoms with Crippen molar-refractivity contribution in [2.24, 2.45) is 0 Å². The summed E-state index contributed by atoms with van der Waals surface area (Å²) in [5.74, 6) is 0. The summed E-state index contributed by atoms with van der Waals surface area (Å²) in [6, 6.07) is 10.6. The van der Waals surface area contributed by atoms with Crippen molar-refractivity contribution in [2.45, 2.75) is 13.5 Å². The third-order valence-corrected chi connectivity index (χ3v) is 3.22. The molecular formula is C15H14N2.